The minimum Gasteiger partial charge on any atom is -0.494 e. The van der Waals surface area contributed by atoms with E-state index in [4.69, 9.17) is 4.74 Å². The van der Waals surface area contributed by atoms with Crippen molar-refractivity contribution in [3.05, 3.63) is 23.0 Å². The van der Waals surface area contributed by atoms with Crippen molar-refractivity contribution in [3.8, 4) is 17.6 Å². The fraction of sp³-hybridized carbons (Fsp3) is 0.588. The van der Waals surface area contributed by atoms with E-state index in [-0.39, 0.29) is 11.3 Å². The number of pyridine rings is 1. The third kappa shape index (κ3) is 4.66. The van der Waals surface area contributed by atoms with E-state index in [9.17, 15) is 13.2 Å². The number of methoxy groups -OCH3 is 1. The van der Waals surface area contributed by atoms with Gasteiger partial charge in [0.05, 0.1) is 18.4 Å². The summed E-state index contributed by atoms with van der Waals surface area (Å²) in [6, 6.07) is 0.965. The molecule has 0 N–H and O–H groups in total. The van der Waals surface area contributed by atoms with Crippen LogP contribution in [0.4, 0.5) is 13.2 Å². The molecule has 2 nitrogen and oxygen atoms in total. The molecule has 0 aliphatic heterocycles. The molecular weight excluding hydrogens is 291 g/mol. The summed E-state index contributed by atoms with van der Waals surface area (Å²) < 4.78 is 44.5. The van der Waals surface area contributed by atoms with E-state index in [2.05, 4.69) is 16.8 Å². The van der Waals surface area contributed by atoms with Crippen LogP contribution >= 0.6 is 0 Å². The summed E-state index contributed by atoms with van der Waals surface area (Å²) >= 11 is 0. The zero-order valence-electron chi connectivity index (χ0n) is 13.7. The number of hydrogen-bond donors (Lipinski definition) is 0. The molecule has 0 aliphatic rings. The lowest BCUT2D eigenvalue weighted by Crippen LogP contribution is -2.20. The van der Waals surface area contributed by atoms with Gasteiger partial charge in [-0.15, -0.1) is 0 Å². The fourth-order valence-corrected chi connectivity index (χ4v) is 1.91. The molecule has 0 bridgehead atoms. The number of aromatic nitrogens is 1. The molecule has 5 heteroatoms. The molecule has 1 rings (SSSR count). The van der Waals surface area contributed by atoms with Gasteiger partial charge in [0, 0.05) is 11.8 Å². The van der Waals surface area contributed by atoms with E-state index in [1.54, 1.807) is 20.8 Å². The van der Waals surface area contributed by atoms with Crippen LogP contribution in [-0.4, -0.2) is 12.1 Å². The summed E-state index contributed by atoms with van der Waals surface area (Å²) in [4.78, 5) is 3.77. The molecule has 0 radical (unpaired) electrons. The van der Waals surface area contributed by atoms with E-state index in [1.807, 2.05) is 6.92 Å². The molecule has 0 fully saturated rings. The molecule has 1 heterocycles. The average molecular weight is 313 g/mol. The summed E-state index contributed by atoms with van der Waals surface area (Å²) in [6.07, 6.45) is -1.96. The van der Waals surface area contributed by atoms with Gasteiger partial charge in [0.1, 0.15) is 5.69 Å². The number of alkyl halides is 3. The van der Waals surface area contributed by atoms with Gasteiger partial charge < -0.3 is 4.74 Å². The lowest BCUT2D eigenvalue weighted by atomic mass is 9.89. The maximum atomic E-state index is 13.1. The van der Waals surface area contributed by atoms with Crippen LogP contribution in [-0.2, 0) is 11.6 Å². The van der Waals surface area contributed by atoms with Gasteiger partial charge in [-0.05, 0) is 12.5 Å². The van der Waals surface area contributed by atoms with Crippen LogP contribution in [0.1, 0.15) is 63.9 Å². The van der Waals surface area contributed by atoms with Crippen molar-refractivity contribution in [2.45, 2.75) is 58.5 Å². The van der Waals surface area contributed by atoms with Crippen LogP contribution in [0.3, 0.4) is 0 Å². The molecule has 0 saturated carbocycles. The highest BCUT2D eigenvalue weighted by atomic mass is 19.4. The largest absolute Gasteiger partial charge is 0.494 e. The van der Waals surface area contributed by atoms with E-state index in [0.29, 0.717) is 12.2 Å². The van der Waals surface area contributed by atoms with Gasteiger partial charge in [-0.1, -0.05) is 46.0 Å². The normalized spacial score (nSPS) is 11.8. The average Bonchev–Trinajstić information content (AvgIpc) is 2.40. The first-order valence-corrected chi connectivity index (χ1v) is 7.26. The Hall–Kier alpha value is -1.70. The molecule has 1 aromatic heterocycles. The Balaban J connectivity index is 3.47. The van der Waals surface area contributed by atoms with Gasteiger partial charge >= 0.3 is 6.18 Å². The Morgan fingerprint density at radius 2 is 1.86 bits per heavy atom. The van der Waals surface area contributed by atoms with E-state index in [1.165, 1.54) is 7.11 Å². The third-order valence-electron chi connectivity index (χ3n) is 3.06. The lowest BCUT2D eigenvalue weighted by Gasteiger charge is -2.23. The van der Waals surface area contributed by atoms with Gasteiger partial charge in [-0.3, -0.25) is 0 Å². The Morgan fingerprint density at radius 1 is 1.23 bits per heavy atom. The Kier molecular flexibility index (Phi) is 5.87. The second-order valence-electron chi connectivity index (χ2n) is 6.09. The van der Waals surface area contributed by atoms with Crippen molar-refractivity contribution in [1.82, 2.24) is 4.98 Å². The van der Waals surface area contributed by atoms with E-state index < -0.39 is 17.3 Å². The molecule has 0 saturated heterocycles. The molecule has 0 amide bonds. The second kappa shape index (κ2) is 7.04. The van der Waals surface area contributed by atoms with Crippen LogP contribution in [0.15, 0.2) is 6.07 Å². The highest BCUT2D eigenvalue weighted by Gasteiger charge is 2.36. The standard InChI is InChI=1S/C17H22F3NO/c1-6-7-8-9-10-12-11-13(17(18,19)20)21-15(14(12)22-5)16(2,3)4/h11H,6-8H2,1-5H3. The van der Waals surface area contributed by atoms with Crippen LogP contribution in [0.5, 0.6) is 5.75 Å². The highest BCUT2D eigenvalue weighted by molar-refractivity contribution is 5.51. The SMILES string of the molecule is CCCCC#Cc1cc(C(F)(F)F)nc(C(C)(C)C)c1OC. The number of ether oxygens (including phenoxy) is 1. The maximum Gasteiger partial charge on any atom is 0.433 e. The van der Waals surface area contributed by atoms with Gasteiger partial charge in [-0.25, -0.2) is 4.98 Å². The minimum atomic E-state index is -4.51. The van der Waals surface area contributed by atoms with Crippen LogP contribution < -0.4 is 4.74 Å². The van der Waals surface area contributed by atoms with Gasteiger partial charge in [0.2, 0.25) is 0 Å². The first-order chi connectivity index (χ1) is 10.1. The van der Waals surface area contributed by atoms with Crippen LogP contribution in [0.2, 0.25) is 0 Å². The second-order valence-corrected chi connectivity index (χ2v) is 6.09. The summed E-state index contributed by atoms with van der Waals surface area (Å²) in [5.74, 6) is 6.04. The van der Waals surface area contributed by atoms with Gasteiger partial charge in [0.25, 0.3) is 0 Å². The van der Waals surface area contributed by atoms with Crippen LogP contribution in [0.25, 0.3) is 0 Å². The van der Waals surface area contributed by atoms with Crippen molar-refractivity contribution in [1.29, 1.82) is 0 Å². The molecule has 0 atom stereocenters. The third-order valence-corrected chi connectivity index (χ3v) is 3.06. The van der Waals surface area contributed by atoms with Crippen LogP contribution in [0, 0.1) is 11.8 Å². The molecule has 122 valence electrons. The Labute approximate surface area is 130 Å². The number of unbranched alkanes of at least 4 members (excludes halogenated alkanes) is 2. The summed E-state index contributed by atoms with van der Waals surface area (Å²) in [7, 11) is 1.43. The predicted octanol–water partition coefficient (Wildman–Crippen LogP) is 4.95. The highest BCUT2D eigenvalue weighted by Crippen LogP contribution is 2.37. The topological polar surface area (TPSA) is 22.1 Å². The van der Waals surface area contributed by atoms with Crippen molar-refractivity contribution >= 4 is 0 Å². The molecule has 1 aromatic rings. The molecule has 0 aromatic carbocycles. The number of halogens is 3. The summed E-state index contributed by atoms with van der Waals surface area (Å²) in [5, 5.41) is 0. The van der Waals surface area contributed by atoms with Crippen molar-refractivity contribution in [3.63, 3.8) is 0 Å². The zero-order chi connectivity index (χ0) is 17.0. The minimum absolute atomic E-state index is 0.242. The zero-order valence-corrected chi connectivity index (χ0v) is 13.7. The van der Waals surface area contributed by atoms with Gasteiger partial charge in [0.15, 0.2) is 5.75 Å². The quantitative estimate of drug-likeness (QED) is 0.582. The lowest BCUT2D eigenvalue weighted by molar-refractivity contribution is -0.141. The van der Waals surface area contributed by atoms with E-state index in [0.717, 1.165) is 18.9 Å². The Morgan fingerprint density at radius 3 is 2.32 bits per heavy atom. The monoisotopic (exact) mass is 313 g/mol. The van der Waals surface area contributed by atoms with Crippen molar-refractivity contribution in [2.75, 3.05) is 7.11 Å². The number of nitrogens with zero attached hydrogens (tertiary/aromatic N) is 1. The molecule has 0 unspecified atom stereocenters. The summed E-state index contributed by atoms with van der Waals surface area (Å²) in [6.45, 7) is 7.43. The Bertz CT molecular complexity index is 575. The molecule has 0 spiro atoms. The first kappa shape index (κ1) is 18.3. The maximum absolute atomic E-state index is 13.1. The number of hydrogen-bond acceptors (Lipinski definition) is 2. The van der Waals surface area contributed by atoms with E-state index >= 15 is 0 Å². The van der Waals surface area contributed by atoms with Gasteiger partial charge in [-0.2, -0.15) is 13.2 Å². The summed E-state index contributed by atoms with van der Waals surface area (Å²) in [5.41, 5.74) is -1.000. The molecular formula is C17H22F3NO. The van der Waals surface area contributed by atoms with Crippen molar-refractivity contribution < 1.29 is 17.9 Å². The molecule has 0 aliphatic carbocycles. The number of rotatable bonds is 3. The van der Waals surface area contributed by atoms with Crippen molar-refractivity contribution in [2.24, 2.45) is 0 Å². The fourth-order valence-electron chi connectivity index (χ4n) is 1.91. The molecule has 22 heavy (non-hydrogen) atoms. The first-order valence-electron chi connectivity index (χ1n) is 7.26. The predicted molar refractivity (Wildman–Crippen MR) is 80.9 cm³/mol. The smallest absolute Gasteiger partial charge is 0.433 e.